The van der Waals surface area contributed by atoms with E-state index in [-0.39, 0.29) is 0 Å². The minimum atomic E-state index is -0.561. The number of rotatable bonds is 6. The smallest absolute Gasteiger partial charge is 0.0710 e. The predicted octanol–water partition coefficient (Wildman–Crippen LogP) is 2.66. The highest BCUT2D eigenvalue weighted by Crippen LogP contribution is 2.24. The normalized spacial score (nSPS) is 14.8. The number of hydrogen-bond donors (Lipinski definition) is 2. The molecule has 0 aliphatic rings. The van der Waals surface area contributed by atoms with Crippen LogP contribution in [0, 0.1) is 0 Å². The van der Waals surface area contributed by atoms with Gasteiger partial charge < -0.3 is 10.4 Å². The molecule has 0 aromatic heterocycles. The monoisotopic (exact) mass is 239 g/mol. The third-order valence-corrected chi connectivity index (χ3v) is 3.99. The molecule has 2 nitrogen and oxygen atoms in total. The molecular formula is C13H21NOS. The lowest BCUT2D eigenvalue weighted by Crippen LogP contribution is -2.25. The van der Waals surface area contributed by atoms with E-state index in [1.54, 1.807) is 11.8 Å². The molecule has 90 valence electrons. The summed E-state index contributed by atoms with van der Waals surface area (Å²) in [6.07, 6.45) is 0.790. The molecule has 0 saturated heterocycles. The van der Waals surface area contributed by atoms with Crippen molar-refractivity contribution >= 4 is 11.8 Å². The van der Waals surface area contributed by atoms with Crippen LogP contribution in [0.25, 0.3) is 0 Å². The summed E-state index contributed by atoms with van der Waals surface area (Å²) in [4.78, 5) is 1.22. The maximum absolute atomic E-state index is 9.89. The van der Waals surface area contributed by atoms with Gasteiger partial charge in [-0.1, -0.05) is 19.1 Å². The Balaban J connectivity index is 2.49. The molecule has 0 fully saturated rings. The predicted molar refractivity (Wildman–Crippen MR) is 70.8 cm³/mol. The molecule has 0 aliphatic carbocycles. The Labute approximate surface area is 102 Å². The molecule has 0 aliphatic heterocycles. The number of hydrogen-bond acceptors (Lipinski definition) is 3. The highest BCUT2D eigenvalue weighted by atomic mass is 32.2. The van der Waals surface area contributed by atoms with E-state index in [1.165, 1.54) is 10.5 Å². The highest BCUT2D eigenvalue weighted by molar-refractivity contribution is 7.99. The fourth-order valence-electron chi connectivity index (χ4n) is 1.25. The van der Waals surface area contributed by atoms with Crippen molar-refractivity contribution in [2.45, 2.75) is 37.3 Å². The zero-order chi connectivity index (χ0) is 12.0. The van der Waals surface area contributed by atoms with Gasteiger partial charge in [0.1, 0.15) is 0 Å². The third kappa shape index (κ3) is 4.56. The molecule has 1 atom stereocenters. The molecule has 0 bridgehead atoms. The number of aliphatic hydroxyl groups is 1. The van der Waals surface area contributed by atoms with Crippen molar-refractivity contribution in [2.24, 2.45) is 0 Å². The molecule has 3 heteroatoms. The van der Waals surface area contributed by atoms with E-state index in [2.05, 4.69) is 29.6 Å². The van der Waals surface area contributed by atoms with Gasteiger partial charge in [-0.05, 0) is 38.1 Å². The van der Waals surface area contributed by atoms with E-state index in [4.69, 9.17) is 0 Å². The Bertz CT molecular complexity index is 308. The van der Waals surface area contributed by atoms with Crippen molar-refractivity contribution in [3.05, 3.63) is 29.8 Å². The minimum Gasteiger partial charge on any atom is -0.389 e. The van der Waals surface area contributed by atoms with E-state index >= 15 is 0 Å². The summed E-state index contributed by atoms with van der Waals surface area (Å²) in [7, 11) is 1.95. The number of benzene rings is 1. The van der Waals surface area contributed by atoms with Crippen LogP contribution in [0.4, 0.5) is 0 Å². The van der Waals surface area contributed by atoms with Crippen molar-refractivity contribution < 1.29 is 5.11 Å². The molecule has 1 aromatic carbocycles. The van der Waals surface area contributed by atoms with Gasteiger partial charge in [-0.25, -0.2) is 0 Å². The highest BCUT2D eigenvalue weighted by Gasteiger charge is 2.17. The van der Waals surface area contributed by atoms with Gasteiger partial charge in [0.05, 0.1) is 5.60 Å². The van der Waals surface area contributed by atoms with Gasteiger partial charge in [-0.2, -0.15) is 0 Å². The van der Waals surface area contributed by atoms with E-state index < -0.39 is 5.60 Å². The van der Waals surface area contributed by atoms with Gasteiger partial charge in [-0.3, -0.25) is 0 Å². The first-order chi connectivity index (χ1) is 7.57. The second-order valence-corrected chi connectivity index (χ2v) is 5.36. The van der Waals surface area contributed by atoms with Crippen molar-refractivity contribution in [1.82, 2.24) is 5.32 Å². The summed E-state index contributed by atoms with van der Waals surface area (Å²) in [5.41, 5.74) is 0.725. The minimum absolute atomic E-state index is 0.561. The Kier molecular flexibility index (Phi) is 5.32. The average molecular weight is 239 g/mol. The second kappa shape index (κ2) is 6.28. The van der Waals surface area contributed by atoms with E-state index in [1.807, 2.05) is 20.9 Å². The molecule has 0 saturated carbocycles. The van der Waals surface area contributed by atoms with Gasteiger partial charge in [0.2, 0.25) is 0 Å². The molecule has 0 radical (unpaired) electrons. The van der Waals surface area contributed by atoms with Crippen molar-refractivity contribution in [1.29, 1.82) is 0 Å². The van der Waals surface area contributed by atoms with Gasteiger partial charge >= 0.3 is 0 Å². The lowest BCUT2D eigenvalue weighted by atomic mass is 10.1. The maximum Gasteiger partial charge on any atom is 0.0710 e. The average Bonchev–Trinajstić information content (AvgIpc) is 2.29. The largest absolute Gasteiger partial charge is 0.389 e. The zero-order valence-electron chi connectivity index (χ0n) is 10.3. The topological polar surface area (TPSA) is 32.3 Å². The first kappa shape index (κ1) is 13.6. The summed E-state index contributed by atoms with van der Waals surface area (Å²) in [5, 5.41) is 13.0. The van der Waals surface area contributed by atoms with Crippen LogP contribution >= 0.6 is 11.8 Å². The molecule has 1 rings (SSSR count). The second-order valence-electron chi connectivity index (χ2n) is 4.31. The summed E-state index contributed by atoms with van der Waals surface area (Å²) in [5.74, 6) is 0.745. The van der Waals surface area contributed by atoms with Gasteiger partial charge in [0.25, 0.3) is 0 Å². The lowest BCUT2D eigenvalue weighted by Gasteiger charge is -2.20. The molecule has 1 aromatic rings. The molecule has 0 amide bonds. The van der Waals surface area contributed by atoms with Crippen LogP contribution in [-0.2, 0) is 6.54 Å². The maximum atomic E-state index is 9.89. The summed E-state index contributed by atoms with van der Waals surface area (Å²) in [6, 6.07) is 8.48. The summed E-state index contributed by atoms with van der Waals surface area (Å²) >= 11 is 1.71. The first-order valence-electron chi connectivity index (χ1n) is 5.66. The molecule has 16 heavy (non-hydrogen) atoms. The summed E-state index contributed by atoms with van der Waals surface area (Å²) < 4.78 is 0. The van der Waals surface area contributed by atoms with Gasteiger partial charge in [0, 0.05) is 17.2 Å². The van der Waals surface area contributed by atoms with Gasteiger partial charge in [-0.15, -0.1) is 11.8 Å². The Morgan fingerprint density at radius 3 is 2.44 bits per heavy atom. The molecule has 0 heterocycles. The lowest BCUT2D eigenvalue weighted by molar-refractivity contribution is 0.0816. The Morgan fingerprint density at radius 2 is 1.94 bits per heavy atom. The number of thioether (sulfide) groups is 1. The quantitative estimate of drug-likeness (QED) is 0.749. The van der Waals surface area contributed by atoms with E-state index in [0.29, 0.717) is 0 Å². The standard InChI is InChI=1S/C13H21NOS/c1-4-13(2,15)10-16-12-7-5-11(6-8-12)9-14-3/h5-8,14-15H,4,9-10H2,1-3H3. The fraction of sp³-hybridized carbons (Fsp3) is 0.538. The van der Waals surface area contributed by atoms with Crippen LogP contribution in [0.15, 0.2) is 29.2 Å². The molecule has 1 unspecified atom stereocenters. The molecule has 0 spiro atoms. The van der Waals surface area contributed by atoms with Crippen LogP contribution in [0.2, 0.25) is 0 Å². The van der Waals surface area contributed by atoms with Crippen molar-refractivity contribution in [3.8, 4) is 0 Å². The first-order valence-corrected chi connectivity index (χ1v) is 6.64. The third-order valence-electron chi connectivity index (χ3n) is 2.62. The van der Waals surface area contributed by atoms with Gasteiger partial charge in [0.15, 0.2) is 0 Å². The molecular weight excluding hydrogens is 218 g/mol. The van der Waals surface area contributed by atoms with Crippen LogP contribution in [0.5, 0.6) is 0 Å². The zero-order valence-corrected chi connectivity index (χ0v) is 11.1. The fourth-order valence-corrected chi connectivity index (χ4v) is 2.26. The number of nitrogens with one attached hydrogen (secondary N) is 1. The molecule has 2 N–H and O–H groups in total. The van der Waals surface area contributed by atoms with Crippen LogP contribution in [-0.4, -0.2) is 23.5 Å². The SMILES string of the molecule is CCC(C)(O)CSc1ccc(CNC)cc1. The van der Waals surface area contributed by atoms with Crippen LogP contribution in [0.1, 0.15) is 25.8 Å². The van der Waals surface area contributed by atoms with Crippen molar-refractivity contribution in [3.63, 3.8) is 0 Å². The van der Waals surface area contributed by atoms with Crippen molar-refractivity contribution in [2.75, 3.05) is 12.8 Å². The van der Waals surface area contributed by atoms with Crippen LogP contribution in [0.3, 0.4) is 0 Å². The Morgan fingerprint density at radius 1 is 1.31 bits per heavy atom. The summed E-state index contributed by atoms with van der Waals surface area (Å²) in [6.45, 7) is 4.80. The van der Waals surface area contributed by atoms with E-state index in [9.17, 15) is 5.11 Å². The Hall–Kier alpha value is -0.510. The van der Waals surface area contributed by atoms with Crippen LogP contribution < -0.4 is 5.32 Å². The van der Waals surface area contributed by atoms with E-state index in [0.717, 1.165) is 18.7 Å².